The highest BCUT2D eigenvalue weighted by molar-refractivity contribution is 6.13. The maximum atomic E-state index is 6.88. The molecular formula is C52H38N4O. The molecule has 0 radical (unpaired) electrons. The highest BCUT2D eigenvalue weighted by Gasteiger charge is 2.34. The van der Waals surface area contributed by atoms with Gasteiger partial charge in [0.05, 0.1) is 29.2 Å². The van der Waals surface area contributed by atoms with Crippen LogP contribution in [0.15, 0.2) is 209 Å². The van der Waals surface area contributed by atoms with Gasteiger partial charge in [0.2, 0.25) is 0 Å². The number of allylic oxidation sites excluding steroid dienone is 4. The molecule has 0 fully saturated rings. The lowest BCUT2D eigenvalue weighted by molar-refractivity contribution is 0.426. The maximum Gasteiger partial charge on any atom is 0.161 e. The fourth-order valence-corrected chi connectivity index (χ4v) is 8.18. The van der Waals surface area contributed by atoms with Crippen LogP contribution in [0.5, 0.6) is 5.75 Å². The van der Waals surface area contributed by atoms with Crippen LogP contribution in [0.4, 0.5) is 0 Å². The van der Waals surface area contributed by atoms with E-state index >= 15 is 0 Å². The maximum absolute atomic E-state index is 6.88. The van der Waals surface area contributed by atoms with Crippen LogP contribution in [0.1, 0.15) is 34.6 Å². The molecule has 2 heterocycles. The van der Waals surface area contributed by atoms with Gasteiger partial charge in [-0.2, -0.15) is 0 Å². The van der Waals surface area contributed by atoms with Crippen LogP contribution in [0.2, 0.25) is 0 Å². The van der Waals surface area contributed by atoms with E-state index in [2.05, 4.69) is 168 Å². The van der Waals surface area contributed by atoms with Gasteiger partial charge in [-0.15, -0.1) is 0 Å². The summed E-state index contributed by atoms with van der Waals surface area (Å²) in [4.78, 5) is 14.5. The van der Waals surface area contributed by atoms with E-state index in [0.717, 1.165) is 62.5 Å². The number of benzene rings is 7. The third-order valence-electron chi connectivity index (χ3n) is 10.9. The molecule has 1 aromatic heterocycles. The Labute approximate surface area is 332 Å². The monoisotopic (exact) mass is 734 g/mol. The summed E-state index contributed by atoms with van der Waals surface area (Å²) >= 11 is 0. The predicted octanol–water partition coefficient (Wildman–Crippen LogP) is 12.5. The summed E-state index contributed by atoms with van der Waals surface area (Å²) in [6.45, 7) is 4.27. The smallest absolute Gasteiger partial charge is 0.161 e. The van der Waals surface area contributed by atoms with Gasteiger partial charge in [-0.25, -0.2) is 9.98 Å². The van der Waals surface area contributed by atoms with Crippen molar-refractivity contribution in [1.82, 2.24) is 4.57 Å². The first-order chi connectivity index (χ1) is 28.2. The quantitative estimate of drug-likeness (QED) is 0.119. The van der Waals surface area contributed by atoms with E-state index in [1.807, 2.05) is 36.4 Å². The number of aromatic nitrogens is 1. The Kier molecular flexibility index (Phi) is 8.81. The molecule has 1 aliphatic carbocycles. The summed E-state index contributed by atoms with van der Waals surface area (Å²) in [5.74, 6) is 3.10. The van der Waals surface area contributed by atoms with Gasteiger partial charge in [0.25, 0.3) is 0 Å². The van der Waals surface area contributed by atoms with Crippen molar-refractivity contribution < 1.29 is 4.74 Å². The minimum absolute atomic E-state index is 0.130. The zero-order valence-corrected chi connectivity index (χ0v) is 31.3. The average molecular weight is 735 g/mol. The zero-order valence-electron chi connectivity index (χ0n) is 31.3. The summed E-state index contributed by atoms with van der Waals surface area (Å²) in [7, 11) is 0. The molecule has 57 heavy (non-hydrogen) atoms. The van der Waals surface area contributed by atoms with E-state index in [9.17, 15) is 0 Å². The fraction of sp³-hybridized carbons (Fsp3) is 0.0577. The van der Waals surface area contributed by atoms with Crippen LogP contribution in [0.3, 0.4) is 0 Å². The van der Waals surface area contributed by atoms with E-state index in [1.165, 1.54) is 27.5 Å². The van der Waals surface area contributed by atoms with E-state index in [-0.39, 0.29) is 5.92 Å². The van der Waals surface area contributed by atoms with Gasteiger partial charge in [-0.3, -0.25) is 4.99 Å². The van der Waals surface area contributed by atoms with Gasteiger partial charge in [-0.1, -0.05) is 152 Å². The molecule has 10 rings (SSSR count). The lowest BCUT2D eigenvalue weighted by atomic mass is 9.90. The zero-order chi connectivity index (χ0) is 38.1. The number of rotatable bonds is 7. The van der Waals surface area contributed by atoms with Crippen LogP contribution in [0, 0.1) is 0 Å². The number of fused-ring (bicyclic) bond motifs is 6. The molecular weight excluding hydrogens is 697 g/mol. The standard InChI is InChI=1S/C52H38N4O/c1-53-51(38-19-9-4-10-20-38)55-52(41-22-13-21-39(32-41)36-15-5-2-6-16-36)54-34-35-27-29-43-44-24-14-26-48(50(44)57-49(43)31-35)56-46-25-12-11-23-42(46)45-33-40(28-30-47(45)56)37-17-7-3-8-18-37/h2-23,25-33,44H,1,24,34H2. The van der Waals surface area contributed by atoms with Crippen molar-refractivity contribution in [3.63, 3.8) is 0 Å². The Morgan fingerprint density at radius 3 is 2.04 bits per heavy atom. The van der Waals surface area contributed by atoms with Gasteiger partial charge in [0, 0.05) is 27.5 Å². The van der Waals surface area contributed by atoms with E-state index in [4.69, 9.17) is 14.7 Å². The molecule has 0 amide bonds. The van der Waals surface area contributed by atoms with Crippen molar-refractivity contribution in [2.45, 2.75) is 18.9 Å². The van der Waals surface area contributed by atoms with Crippen molar-refractivity contribution in [1.29, 1.82) is 0 Å². The number of ether oxygens (including phenoxy) is 1. The molecule has 0 saturated heterocycles. The number of hydrogen-bond acceptors (Lipinski definition) is 2. The minimum Gasteiger partial charge on any atom is -0.459 e. The van der Waals surface area contributed by atoms with Crippen molar-refractivity contribution in [3.05, 3.63) is 216 Å². The second-order valence-electron chi connectivity index (χ2n) is 14.4. The number of nitrogens with zero attached hydrogens (tertiary/aromatic N) is 4. The fourth-order valence-electron chi connectivity index (χ4n) is 8.18. The third-order valence-corrected chi connectivity index (χ3v) is 10.9. The molecule has 5 heteroatoms. The Bertz CT molecular complexity index is 2940. The minimum atomic E-state index is 0.130. The lowest BCUT2D eigenvalue weighted by Gasteiger charge is -2.20. The number of para-hydroxylation sites is 1. The Hall–Kier alpha value is -7.37. The largest absolute Gasteiger partial charge is 0.459 e. The Morgan fingerprint density at radius 2 is 1.26 bits per heavy atom. The molecule has 5 nitrogen and oxygen atoms in total. The first kappa shape index (κ1) is 34.1. The number of hydrogen-bond donors (Lipinski definition) is 0. The first-order valence-electron chi connectivity index (χ1n) is 19.3. The summed E-state index contributed by atoms with van der Waals surface area (Å²) in [5, 5.41) is 2.44. The topological polar surface area (TPSA) is 51.2 Å². The average Bonchev–Trinajstić information content (AvgIpc) is 3.82. The molecule has 0 bridgehead atoms. The van der Waals surface area contributed by atoms with E-state index in [0.29, 0.717) is 18.2 Å². The molecule has 2 aliphatic rings. The molecule has 1 unspecified atom stereocenters. The Morgan fingerprint density at radius 1 is 0.596 bits per heavy atom. The summed E-state index contributed by atoms with van der Waals surface area (Å²) in [6.07, 6.45) is 5.39. The van der Waals surface area contributed by atoms with Crippen LogP contribution < -0.4 is 4.74 Å². The Balaban J connectivity index is 1.02. The molecule has 0 spiro atoms. The van der Waals surface area contributed by atoms with Crippen LogP contribution in [-0.4, -0.2) is 23.0 Å². The third kappa shape index (κ3) is 6.39. The van der Waals surface area contributed by atoms with Crippen LogP contribution >= 0.6 is 0 Å². The molecule has 0 saturated carbocycles. The predicted molar refractivity (Wildman–Crippen MR) is 236 cm³/mol. The van der Waals surface area contributed by atoms with E-state index in [1.54, 1.807) is 0 Å². The summed E-state index contributed by atoms with van der Waals surface area (Å²) in [5.41, 5.74) is 12.0. The molecule has 0 N–H and O–H groups in total. The highest BCUT2D eigenvalue weighted by Crippen LogP contribution is 2.49. The molecule has 1 atom stereocenters. The van der Waals surface area contributed by atoms with Crippen LogP contribution in [0.25, 0.3) is 49.8 Å². The van der Waals surface area contributed by atoms with Gasteiger partial charge in [0.15, 0.2) is 11.7 Å². The van der Waals surface area contributed by atoms with Gasteiger partial charge >= 0.3 is 0 Å². The summed E-state index contributed by atoms with van der Waals surface area (Å²) < 4.78 is 9.26. The van der Waals surface area contributed by atoms with Crippen molar-refractivity contribution in [3.8, 4) is 28.0 Å². The molecule has 272 valence electrons. The number of aliphatic imine (C=N–C) groups is 3. The van der Waals surface area contributed by atoms with Crippen LogP contribution in [-0.2, 0) is 6.54 Å². The van der Waals surface area contributed by atoms with Gasteiger partial charge in [0.1, 0.15) is 11.5 Å². The molecule has 8 aromatic rings. The van der Waals surface area contributed by atoms with Gasteiger partial charge in [-0.05, 0) is 77.4 Å². The van der Waals surface area contributed by atoms with E-state index < -0.39 is 0 Å². The number of amidine groups is 2. The SMILES string of the molecule is C=NC(=NC(=NCc1ccc2c(c1)OC1=C(n3c4ccccc4c4cc(-c5ccccc5)ccc43)C=CCC12)c1cccc(-c2ccccc2)c1)c1ccccc1. The second kappa shape index (κ2) is 14.7. The van der Waals surface area contributed by atoms with Crippen molar-refractivity contribution >= 4 is 45.9 Å². The lowest BCUT2D eigenvalue weighted by Crippen LogP contribution is -2.09. The van der Waals surface area contributed by atoms with Gasteiger partial charge < -0.3 is 9.30 Å². The molecule has 1 aliphatic heterocycles. The van der Waals surface area contributed by atoms with Crippen molar-refractivity contribution in [2.75, 3.05) is 0 Å². The normalized spacial score (nSPS) is 15.1. The van der Waals surface area contributed by atoms with Crippen molar-refractivity contribution in [2.24, 2.45) is 15.0 Å². The molecule has 7 aromatic carbocycles. The summed E-state index contributed by atoms with van der Waals surface area (Å²) in [6, 6.07) is 61.2. The highest BCUT2D eigenvalue weighted by atomic mass is 16.5. The second-order valence-corrected chi connectivity index (χ2v) is 14.4. The first-order valence-corrected chi connectivity index (χ1v) is 19.3.